The van der Waals surface area contributed by atoms with Gasteiger partial charge in [0.2, 0.25) is 5.91 Å². The van der Waals surface area contributed by atoms with Crippen LogP contribution in [0.25, 0.3) is 21.8 Å². The minimum atomic E-state index is -0.0112. The Morgan fingerprint density at radius 2 is 1.91 bits per heavy atom. The summed E-state index contributed by atoms with van der Waals surface area (Å²) in [4.78, 5) is 22.0. The molecule has 2 N–H and O–H groups in total. The second-order valence-electron chi connectivity index (χ2n) is 7.68. The van der Waals surface area contributed by atoms with Crippen molar-refractivity contribution in [2.45, 2.75) is 32.0 Å². The summed E-state index contributed by atoms with van der Waals surface area (Å²) in [5.41, 5.74) is 1.78. The number of carbonyl (C=O) groups excluding carboxylic acids is 1. The van der Waals surface area contributed by atoms with E-state index < -0.39 is 0 Å². The standard InChI is InChI=1S/C25H30N6O2S/c1-3-33-15-13-27-23-21-17-28-31(24(21)30-25(29-23)34-4-2)14-12-26-22(32)16-19-10-7-9-18-8-5-6-11-20(18)19/h5-11,17H,3-4,12-16H2,1-2H3,(H,26,32)(H,27,29,30). The SMILES string of the molecule is CCOCCNc1nc(SCC)nc2c1cnn2CCNC(=O)Cc1cccc2ccccc12. The van der Waals surface area contributed by atoms with Crippen LogP contribution in [0.2, 0.25) is 0 Å². The maximum atomic E-state index is 12.6. The summed E-state index contributed by atoms with van der Waals surface area (Å²) in [7, 11) is 0. The van der Waals surface area contributed by atoms with Crippen molar-refractivity contribution in [1.29, 1.82) is 0 Å². The Hall–Kier alpha value is -3.17. The molecule has 0 bridgehead atoms. The molecule has 0 unspecified atom stereocenters. The quantitative estimate of drug-likeness (QED) is 0.181. The summed E-state index contributed by atoms with van der Waals surface area (Å²) in [5, 5.41) is 14.7. The molecular formula is C25H30N6O2S. The van der Waals surface area contributed by atoms with Gasteiger partial charge in [0.05, 0.1) is 31.2 Å². The fourth-order valence-electron chi connectivity index (χ4n) is 3.80. The van der Waals surface area contributed by atoms with Crippen molar-refractivity contribution in [2.24, 2.45) is 0 Å². The number of hydrogen-bond acceptors (Lipinski definition) is 7. The molecule has 0 aliphatic rings. The van der Waals surface area contributed by atoms with Crippen molar-refractivity contribution in [2.75, 3.05) is 37.4 Å². The van der Waals surface area contributed by atoms with Crippen LogP contribution < -0.4 is 10.6 Å². The van der Waals surface area contributed by atoms with E-state index in [-0.39, 0.29) is 5.91 Å². The van der Waals surface area contributed by atoms with Crippen molar-refractivity contribution < 1.29 is 9.53 Å². The summed E-state index contributed by atoms with van der Waals surface area (Å²) in [6.45, 7) is 6.99. The molecule has 4 aromatic rings. The van der Waals surface area contributed by atoms with Crippen LogP contribution in [-0.2, 0) is 22.5 Å². The fraction of sp³-hybridized carbons (Fsp3) is 0.360. The van der Waals surface area contributed by atoms with E-state index >= 15 is 0 Å². The zero-order valence-electron chi connectivity index (χ0n) is 19.6. The molecule has 4 rings (SSSR count). The van der Waals surface area contributed by atoms with Gasteiger partial charge in [-0.1, -0.05) is 61.2 Å². The number of fused-ring (bicyclic) bond motifs is 2. The first-order valence-electron chi connectivity index (χ1n) is 11.6. The van der Waals surface area contributed by atoms with E-state index in [1.807, 2.05) is 35.9 Å². The molecule has 8 nitrogen and oxygen atoms in total. The molecule has 2 aromatic heterocycles. The Bertz CT molecular complexity index is 1250. The van der Waals surface area contributed by atoms with Crippen molar-refractivity contribution in [3.05, 3.63) is 54.2 Å². The van der Waals surface area contributed by atoms with Crippen LogP contribution in [0.5, 0.6) is 0 Å². The number of thioether (sulfide) groups is 1. The summed E-state index contributed by atoms with van der Waals surface area (Å²) in [6.07, 6.45) is 2.12. The zero-order valence-corrected chi connectivity index (χ0v) is 20.4. The maximum Gasteiger partial charge on any atom is 0.224 e. The average Bonchev–Trinajstić information content (AvgIpc) is 3.25. The van der Waals surface area contributed by atoms with Gasteiger partial charge in [0, 0.05) is 19.7 Å². The van der Waals surface area contributed by atoms with Crippen molar-refractivity contribution >= 4 is 45.3 Å². The van der Waals surface area contributed by atoms with Crippen LogP contribution in [0, 0.1) is 0 Å². The van der Waals surface area contributed by atoms with E-state index in [1.165, 1.54) is 0 Å². The minimum absolute atomic E-state index is 0.0112. The molecule has 9 heteroatoms. The Labute approximate surface area is 203 Å². The summed E-state index contributed by atoms with van der Waals surface area (Å²) >= 11 is 1.59. The van der Waals surface area contributed by atoms with E-state index in [9.17, 15) is 4.79 Å². The second-order valence-corrected chi connectivity index (χ2v) is 8.91. The summed E-state index contributed by atoms with van der Waals surface area (Å²) in [5.74, 6) is 1.62. The van der Waals surface area contributed by atoms with Gasteiger partial charge in [-0.15, -0.1) is 0 Å². The maximum absolute atomic E-state index is 12.6. The first-order chi connectivity index (χ1) is 16.7. The molecule has 0 saturated carbocycles. The molecule has 34 heavy (non-hydrogen) atoms. The highest BCUT2D eigenvalue weighted by Gasteiger charge is 2.14. The molecule has 1 amide bonds. The van der Waals surface area contributed by atoms with Crippen LogP contribution in [0.3, 0.4) is 0 Å². The third-order valence-corrected chi connectivity index (χ3v) is 6.10. The number of nitrogens with zero attached hydrogens (tertiary/aromatic N) is 4. The lowest BCUT2D eigenvalue weighted by Crippen LogP contribution is -2.29. The number of amides is 1. The molecule has 0 radical (unpaired) electrons. The van der Waals surface area contributed by atoms with Crippen molar-refractivity contribution in [3.63, 3.8) is 0 Å². The smallest absolute Gasteiger partial charge is 0.224 e. The molecule has 0 atom stereocenters. The van der Waals surface area contributed by atoms with Gasteiger partial charge in [0.15, 0.2) is 10.8 Å². The average molecular weight is 479 g/mol. The van der Waals surface area contributed by atoms with Crippen LogP contribution >= 0.6 is 11.8 Å². The lowest BCUT2D eigenvalue weighted by Gasteiger charge is -2.10. The van der Waals surface area contributed by atoms with Gasteiger partial charge in [-0.05, 0) is 29.0 Å². The second kappa shape index (κ2) is 11.8. The Morgan fingerprint density at radius 1 is 1.06 bits per heavy atom. The number of carbonyl (C=O) groups is 1. The minimum Gasteiger partial charge on any atom is -0.380 e. The summed E-state index contributed by atoms with van der Waals surface area (Å²) < 4.78 is 7.24. The van der Waals surface area contributed by atoms with Gasteiger partial charge in [-0.2, -0.15) is 5.10 Å². The van der Waals surface area contributed by atoms with E-state index in [0.29, 0.717) is 44.4 Å². The van der Waals surface area contributed by atoms with E-state index in [1.54, 1.807) is 18.0 Å². The Balaban J connectivity index is 1.41. The number of aromatic nitrogens is 4. The van der Waals surface area contributed by atoms with E-state index in [0.717, 1.165) is 38.9 Å². The molecule has 0 fully saturated rings. The number of hydrogen-bond donors (Lipinski definition) is 2. The van der Waals surface area contributed by atoms with Crippen LogP contribution in [-0.4, -0.2) is 57.7 Å². The van der Waals surface area contributed by atoms with Gasteiger partial charge in [0.1, 0.15) is 5.82 Å². The predicted octanol–water partition coefficient (Wildman–Crippen LogP) is 3.90. The Kier molecular flexibility index (Phi) is 8.32. The van der Waals surface area contributed by atoms with Crippen LogP contribution in [0.1, 0.15) is 19.4 Å². The highest BCUT2D eigenvalue weighted by Crippen LogP contribution is 2.24. The van der Waals surface area contributed by atoms with Crippen LogP contribution in [0.15, 0.2) is 53.8 Å². The number of nitrogens with one attached hydrogen (secondary N) is 2. The number of benzene rings is 2. The third-order valence-electron chi connectivity index (χ3n) is 5.37. The monoisotopic (exact) mass is 478 g/mol. The lowest BCUT2D eigenvalue weighted by molar-refractivity contribution is -0.120. The highest BCUT2D eigenvalue weighted by molar-refractivity contribution is 7.99. The van der Waals surface area contributed by atoms with Gasteiger partial charge in [-0.3, -0.25) is 4.79 Å². The molecule has 0 saturated heterocycles. The van der Waals surface area contributed by atoms with Gasteiger partial charge >= 0.3 is 0 Å². The van der Waals surface area contributed by atoms with Gasteiger partial charge < -0.3 is 15.4 Å². The molecule has 0 aliphatic heterocycles. The molecule has 2 aromatic carbocycles. The number of rotatable bonds is 12. The van der Waals surface area contributed by atoms with E-state index in [2.05, 4.69) is 45.8 Å². The first kappa shape index (κ1) is 24.0. The number of anilines is 1. The summed E-state index contributed by atoms with van der Waals surface area (Å²) in [6, 6.07) is 14.2. The first-order valence-corrected chi connectivity index (χ1v) is 12.6. The third kappa shape index (κ3) is 5.84. The topological polar surface area (TPSA) is 94.0 Å². The molecular weight excluding hydrogens is 448 g/mol. The molecule has 2 heterocycles. The zero-order chi connectivity index (χ0) is 23.8. The fourth-order valence-corrected chi connectivity index (χ4v) is 4.36. The molecule has 178 valence electrons. The van der Waals surface area contributed by atoms with Crippen molar-refractivity contribution in [3.8, 4) is 0 Å². The highest BCUT2D eigenvalue weighted by atomic mass is 32.2. The van der Waals surface area contributed by atoms with Crippen molar-refractivity contribution in [1.82, 2.24) is 25.1 Å². The Morgan fingerprint density at radius 3 is 2.76 bits per heavy atom. The predicted molar refractivity (Wildman–Crippen MR) is 137 cm³/mol. The largest absolute Gasteiger partial charge is 0.380 e. The van der Waals surface area contributed by atoms with Crippen LogP contribution in [0.4, 0.5) is 5.82 Å². The molecule has 0 aliphatic carbocycles. The number of ether oxygens (including phenoxy) is 1. The van der Waals surface area contributed by atoms with Gasteiger partial charge in [-0.25, -0.2) is 14.6 Å². The normalized spacial score (nSPS) is 11.2. The molecule has 0 spiro atoms. The van der Waals surface area contributed by atoms with Gasteiger partial charge in [0.25, 0.3) is 0 Å². The lowest BCUT2D eigenvalue weighted by atomic mass is 10.0. The van der Waals surface area contributed by atoms with E-state index in [4.69, 9.17) is 9.72 Å².